The summed E-state index contributed by atoms with van der Waals surface area (Å²) in [6.07, 6.45) is 2.65. The summed E-state index contributed by atoms with van der Waals surface area (Å²) in [5, 5.41) is 4.05. The molecule has 0 aliphatic carbocycles. The van der Waals surface area contributed by atoms with E-state index < -0.39 is 0 Å². The molecule has 1 spiro atoms. The zero-order valence-electron chi connectivity index (χ0n) is 15.5. The second-order valence-electron chi connectivity index (χ2n) is 8.25. The van der Waals surface area contributed by atoms with Crippen LogP contribution in [-0.2, 0) is 16.0 Å². The van der Waals surface area contributed by atoms with Gasteiger partial charge in [0.05, 0.1) is 17.6 Å². The third kappa shape index (κ3) is 3.50. The summed E-state index contributed by atoms with van der Waals surface area (Å²) >= 11 is 5.99. The Bertz CT molecular complexity index is 652. The molecule has 1 aromatic carbocycles. The molecule has 1 amide bonds. The fraction of sp³-hybridized carbons (Fsp3) is 0.650. The number of carbonyl (C=O) groups is 1. The van der Waals surface area contributed by atoms with E-state index >= 15 is 0 Å². The quantitative estimate of drug-likeness (QED) is 0.872. The van der Waals surface area contributed by atoms with Gasteiger partial charge in [-0.2, -0.15) is 0 Å². The number of likely N-dealkylation sites (tertiary alicyclic amines) is 1. The van der Waals surface area contributed by atoms with Crippen LogP contribution in [0.5, 0.6) is 0 Å². The molecule has 3 saturated heterocycles. The minimum absolute atomic E-state index is 0.0506. The van der Waals surface area contributed by atoms with E-state index in [1.807, 2.05) is 24.3 Å². The Hall–Kier alpha value is -1.14. The van der Waals surface area contributed by atoms with Crippen molar-refractivity contribution in [3.05, 3.63) is 34.9 Å². The first kappa shape index (κ1) is 18.2. The van der Waals surface area contributed by atoms with Crippen LogP contribution in [0, 0.1) is 5.41 Å². The van der Waals surface area contributed by atoms with Crippen molar-refractivity contribution in [1.29, 1.82) is 0 Å². The average Bonchev–Trinajstić information content (AvgIpc) is 2.60. The number of rotatable bonds is 3. The molecule has 142 valence electrons. The van der Waals surface area contributed by atoms with Gasteiger partial charge < -0.3 is 19.9 Å². The van der Waals surface area contributed by atoms with Gasteiger partial charge in [-0.3, -0.25) is 4.79 Å². The SMILES string of the molecule is CN1CCOC2(CCN(C(=O)C3(Cc4ccc(Cl)cc4)CNC3)CC2)C1. The zero-order valence-corrected chi connectivity index (χ0v) is 16.2. The van der Waals surface area contributed by atoms with E-state index in [1.54, 1.807) is 0 Å². The number of morpholine rings is 1. The number of halogens is 1. The van der Waals surface area contributed by atoms with E-state index in [0.717, 1.165) is 70.2 Å². The van der Waals surface area contributed by atoms with E-state index in [2.05, 4.69) is 22.2 Å². The van der Waals surface area contributed by atoms with Crippen molar-refractivity contribution in [1.82, 2.24) is 15.1 Å². The Morgan fingerprint density at radius 3 is 2.46 bits per heavy atom. The predicted octanol–water partition coefficient (Wildman–Crippen LogP) is 1.80. The minimum atomic E-state index is -0.303. The van der Waals surface area contributed by atoms with Gasteiger partial charge in [0, 0.05) is 44.3 Å². The van der Waals surface area contributed by atoms with Crippen LogP contribution in [0.1, 0.15) is 18.4 Å². The first-order chi connectivity index (χ1) is 12.5. The molecule has 0 atom stereocenters. The van der Waals surface area contributed by atoms with Gasteiger partial charge in [0.15, 0.2) is 0 Å². The molecule has 1 aromatic rings. The number of piperidine rings is 1. The monoisotopic (exact) mass is 377 g/mol. The molecule has 0 aromatic heterocycles. The van der Waals surface area contributed by atoms with Crippen molar-refractivity contribution < 1.29 is 9.53 Å². The van der Waals surface area contributed by atoms with Gasteiger partial charge in [-0.05, 0) is 44.0 Å². The van der Waals surface area contributed by atoms with Crippen LogP contribution in [0.2, 0.25) is 5.02 Å². The number of hydrogen-bond acceptors (Lipinski definition) is 4. The number of ether oxygens (including phenoxy) is 1. The van der Waals surface area contributed by atoms with Crippen LogP contribution in [0.15, 0.2) is 24.3 Å². The van der Waals surface area contributed by atoms with Gasteiger partial charge in [0.1, 0.15) is 0 Å². The number of amides is 1. The van der Waals surface area contributed by atoms with Gasteiger partial charge in [0.25, 0.3) is 0 Å². The molecule has 4 rings (SSSR count). The largest absolute Gasteiger partial charge is 0.372 e. The highest BCUT2D eigenvalue weighted by Crippen LogP contribution is 2.35. The van der Waals surface area contributed by atoms with Gasteiger partial charge >= 0.3 is 0 Å². The molecule has 3 aliphatic heterocycles. The maximum Gasteiger partial charge on any atom is 0.231 e. The maximum atomic E-state index is 13.3. The summed E-state index contributed by atoms with van der Waals surface area (Å²) in [7, 11) is 2.16. The van der Waals surface area contributed by atoms with Crippen LogP contribution >= 0.6 is 11.6 Å². The number of likely N-dealkylation sites (N-methyl/N-ethyl adjacent to an activating group) is 1. The maximum absolute atomic E-state index is 13.3. The van der Waals surface area contributed by atoms with Crippen molar-refractivity contribution in [2.45, 2.75) is 24.9 Å². The molecule has 0 unspecified atom stereocenters. The zero-order chi connectivity index (χ0) is 18.2. The summed E-state index contributed by atoms with van der Waals surface area (Å²) < 4.78 is 6.13. The van der Waals surface area contributed by atoms with E-state index in [0.29, 0.717) is 5.91 Å². The summed E-state index contributed by atoms with van der Waals surface area (Å²) in [5.74, 6) is 0.296. The van der Waals surface area contributed by atoms with Crippen LogP contribution < -0.4 is 5.32 Å². The fourth-order valence-corrected chi connectivity index (χ4v) is 4.69. The molecule has 26 heavy (non-hydrogen) atoms. The average molecular weight is 378 g/mol. The smallest absolute Gasteiger partial charge is 0.231 e. The van der Waals surface area contributed by atoms with Crippen molar-refractivity contribution in [3.63, 3.8) is 0 Å². The highest BCUT2D eigenvalue weighted by molar-refractivity contribution is 6.30. The Labute approximate surface area is 160 Å². The van der Waals surface area contributed by atoms with E-state index in [4.69, 9.17) is 16.3 Å². The lowest BCUT2D eigenvalue weighted by Crippen LogP contribution is -2.65. The highest BCUT2D eigenvalue weighted by Gasteiger charge is 2.48. The molecular formula is C20H28ClN3O2. The van der Waals surface area contributed by atoms with Crippen LogP contribution in [0.3, 0.4) is 0 Å². The third-order valence-electron chi connectivity index (χ3n) is 6.24. The Morgan fingerprint density at radius 2 is 1.88 bits per heavy atom. The molecule has 5 nitrogen and oxygen atoms in total. The lowest BCUT2D eigenvalue weighted by Gasteiger charge is -2.50. The van der Waals surface area contributed by atoms with E-state index in [1.165, 1.54) is 5.56 Å². The summed E-state index contributed by atoms with van der Waals surface area (Å²) in [6, 6.07) is 7.88. The summed E-state index contributed by atoms with van der Waals surface area (Å²) in [5.41, 5.74) is 0.822. The molecule has 3 heterocycles. The van der Waals surface area contributed by atoms with Crippen LogP contribution in [0.4, 0.5) is 0 Å². The van der Waals surface area contributed by atoms with E-state index in [9.17, 15) is 4.79 Å². The normalized spacial score (nSPS) is 25.1. The van der Waals surface area contributed by atoms with Crippen molar-refractivity contribution in [2.24, 2.45) is 5.41 Å². The number of benzene rings is 1. The first-order valence-corrected chi connectivity index (χ1v) is 9.95. The molecule has 0 radical (unpaired) electrons. The molecule has 3 aliphatic rings. The van der Waals surface area contributed by atoms with Gasteiger partial charge in [-0.25, -0.2) is 0 Å². The molecule has 0 bridgehead atoms. The second kappa shape index (κ2) is 7.12. The number of nitrogens with one attached hydrogen (secondary N) is 1. The summed E-state index contributed by atoms with van der Waals surface area (Å²) in [4.78, 5) is 17.7. The Balaban J connectivity index is 1.41. The van der Waals surface area contributed by atoms with Gasteiger partial charge in [-0.1, -0.05) is 23.7 Å². The van der Waals surface area contributed by atoms with E-state index in [-0.39, 0.29) is 11.0 Å². The number of carbonyl (C=O) groups excluding carboxylic acids is 1. The summed E-state index contributed by atoms with van der Waals surface area (Å²) in [6.45, 7) is 5.90. The lowest BCUT2D eigenvalue weighted by molar-refractivity contribution is -0.158. The lowest BCUT2D eigenvalue weighted by atomic mass is 9.74. The first-order valence-electron chi connectivity index (χ1n) is 9.57. The van der Waals surface area contributed by atoms with Crippen molar-refractivity contribution in [3.8, 4) is 0 Å². The van der Waals surface area contributed by atoms with Crippen LogP contribution in [0.25, 0.3) is 0 Å². The number of nitrogens with zero attached hydrogens (tertiary/aromatic N) is 2. The highest BCUT2D eigenvalue weighted by atomic mass is 35.5. The standard InChI is InChI=1S/C20H28ClN3O2/c1-23-10-11-26-20(15-23)6-8-24(9-7-20)18(25)19(13-22-14-19)12-16-2-4-17(21)5-3-16/h2-5,22H,6-15H2,1H3. The van der Waals surface area contributed by atoms with Gasteiger partial charge in [-0.15, -0.1) is 0 Å². The molecule has 3 fully saturated rings. The van der Waals surface area contributed by atoms with Crippen molar-refractivity contribution in [2.75, 3.05) is 52.9 Å². The molecule has 1 N–H and O–H groups in total. The van der Waals surface area contributed by atoms with Gasteiger partial charge in [0.2, 0.25) is 5.91 Å². The second-order valence-corrected chi connectivity index (χ2v) is 8.69. The number of hydrogen-bond donors (Lipinski definition) is 1. The van der Waals surface area contributed by atoms with Crippen LogP contribution in [-0.4, -0.2) is 74.2 Å². The van der Waals surface area contributed by atoms with Crippen molar-refractivity contribution >= 4 is 17.5 Å². The Morgan fingerprint density at radius 1 is 1.19 bits per heavy atom. The molecule has 0 saturated carbocycles. The fourth-order valence-electron chi connectivity index (χ4n) is 4.56. The molecular weight excluding hydrogens is 350 g/mol. The minimum Gasteiger partial charge on any atom is -0.372 e. The third-order valence-corrected chi connectivity index (χ3v) is 6.49. The predicted molar refractivity (Wildman–Crippen MR) is 102 cm³/mol. The molecule has 6 heteroatoms. The Kier molecular flexibility index (Phi) is 4.99. The topological polar surface area (TPSA) is 44.8 Å².